The fourth-order valence-electron chi connectivity index (χ4n) is 4.98. The predicted octanol–water partition coefficient (Wildman–Crippen LogP) is 4.33. The van der Waals surface area contributed by atoms with E-state index in [4.69, 9.17) is 14.2 Å². The Morgan fingerprint density at radius 1 is 0.927 bits per heavy atom. The maximum atomic E-state index is 13.1. The van der Waals surface area contributed by atoms with Crippen molar-refractivity contribution in [1.82, 2.24) is 9.97 Å². The number of aromatic amines is 2. The normalized spacial score (nSPS) is 14.8. The van der Waals surface area contributed by atoms with Crippen LogP contribution in [0.15, 0.2) is 76.9 Å². The zero-order valence-corrected chi connectivity index (χ0v) is 23.3. The van der Waals surface area contributed by atoms with Crippen LogP contribution in [0.4, 0.5) is 0 Å². The Morgan fingerprint density at radius 2 is 1.61 bits per heavy atom. The lowest BCUT2D eigenvalue weighted by Crippen LogP contribution is -2.26. The highest BCUT2D eigenvalue weighted by molar-refractivity contribution is 5.93. The van der Waals surface area contributed by atoms with Crippen LogP contribution in [0.25, 0.3) is 17.3 Å². The number of nitrogens with zero attached hydrogens (tertiary/aromatic N) is 1. The number of rotatable bonds is 8. The predicted molar refractivity (Wildman–Crippen MR) is 153 cm³/mol. The molecule has 0 amide bonds. The van der Waals surface area contributed by atoms with Gasteiger partial charge in [-0.25, -0.2) is 14.6 Å². The molecule has 2 aromatic carbocycles. The van der Waals surface area contributed by atoms with Crippen molar-refractivity contribution in [3.05, 3.63) is 105 Å². The first-order chi connectivity index (χ1) is 19.8. The number of hydrogen-bond donors (Lipinski definition) is 3. The molecule has 0 saturated carbocycles. The zero-order chi connectivity index (χ0) is 29.1. The number of nitrogens with one attached hydrogen (secondary N) is 2. The number of methoxy groups -OCH3 is 1. The van der Waals surface area contributed by atoms with Crippen molar-refractivity contribution in [3.63, 3.8) is 0 Å². The van der Waals surface area contributed by atoms with Crippen LogP contribution in [-0.2, 0) is 14.3 Å². The molecule has 1 aliphatic heterocycles. The Morgan fingerprint density at radius 3 is 2.27 bits per heavy atom. The lowest BCUT2D eigenvalue weighted by atomic mass is 9.83. The molecule has 4 aromatic rings. The molecule has 0 aliphatic carbocycles. The van der Waals surface area contributed by atoms with Crippen molar-refractivity contribution in [2.75, 3.05) is 20.3 Å². The summed E-state index contributed by atoms with van der Waals surface area (Å²) in [6.07, 6.45) is 1.78. The standard InChI is InChI=1S/C32H31N3O6/c1-5-40-31(37)21-9-7-19(8-10-21)24-16-13-22(34-24)17-25-29(36)28-27(20-11-14-23(39-4)15-12-20)26(32(38)41-6-2)18(3)33-30(28)35-25/h7-17,27,34,36H,5-6H2,1-4H3,(H,33,35). The largest absolute Gasteiger partial charge is 0.505 e. The molecule has 41 heavy (non-hydrogen) atoms. The van der Waals surface area contributed by atoms with E-state index in [0.717, 1.165) is 22.5 Å². The summed E-state index contributed by atoms with van der Waals surface area (Å²) >= 11 is 0. The van der Waals surface area contributed by atoms with E-state index >= 15 is 0 Å². The van der Waals surface area contributed by atoms with Gasteiger partial charge in [0.2, 0.25) is 0 Å². The van der Waals surface area contributed by atoms with Gasteiger partial charge in [0, 0.05) is 11.4 Å². The Bertz CT molecular complexity index is 1740. The second-order valence-electron chi connectivity index (χ2n) is 9.46. The summed E-state index contributed by atoms with van der Waals surface area (Å²) in [6.45, 7) is 5.82. The van der Waals surface area contributed by atoms with Gasteiger partial charge in [-0.1, -0.05) is 24.3 Å². The minimum Gasteiger partial charge on any atom is -0.505 e. The number of carbonyl (C=O) groups is 2. The Hall–Kier alpha value is -5.05. The topological polar surface area (TPSA) is 126 Å². The molecule has 3 N–H and O–H groups in total. The summed E-state index contributed by atoms with van der Waals surface area (Å²) in [6, 6.07) is 18.3. The molecule has 210 valence electrons. The van der Waals surface area contributed by atoms with Crippen molar-refractivity contribution in [1.29, 1.82) is 0 Å². The number of H-pyrrole nitrogens is 2. The van der Waals surface area contributed by atoms with Crippen molar-refractivity contribution in [3.8, 4) is 22.8 Å². The molecule has 0 bridgehead atoms. The SMILES string of the molecule is CCOC(=O)C1=C(C)N=c2[nH]c(=Cc3ccc(-c4ccc(C(=O)OCC)cc4)[nH]3)c(O)c2C1c1ccc(OC)cc1. The van der Waals surface area contributed by atoms with Crippen LogP contribution in [0, 0.1) is 0 Å². The molecule has 9 heteroatoms. The van der Waals surface area contributed by atoms with Crippen molar-refractivity contribution < 1.29 is 28.9 Å². The average molecular weight is 554 g/mol. The van der Waals surface area contributed by atoms with Gasteiger partial charge in [-0.05, 0) is 74.4 Å². The van der Waals surface area contributed by atoms with E-state index in [-0.39, 0.29) is 18.3 Å². The second kappa shape index (κ2) is 11.6. The van der Waals surface area contributed by atoms with Crippen LogP contribution in [0.2, 0.25) is 0 Å². The first-order valence-electron chi connectivity index (χ1n) is 13.3. The lowest BCUT2D eigenvalue weighted by molar-refractivity contribution is -0.138. The summed E-state index contributed by atoms with van der Waals surface area (Å²) in [5.41, 5.74) is 5.59. The van der Waals surface area contributed by atoms with E-state index in [0.29, 0.717) is 45.6 Å². The highest BCUT2D eigenvalue weighted by atomic mass is 16.5. The highest BCUT2D eigenvalue weighted by Crippen LogP contribution is 2.38. The van der Waals surface area contributed by atoms with Crippen LogP contribution < -0.4 is 15.6 Å². The summed E-state index contributed by atoms with van der Waals surface area (Å²) in [5, 5.41) is 11.9. The minimum absolute atomic E-state index is 0.00574. The molecule has 9 nitrogen and oxygen atoms in total. The first kappa shape index (κ1) is 27.5. The summed E-state index contributed by atoms with van der Waals surface area (Å²) < 4.78 is 15.7. The molecule has 2 aromatic heterocycles. The smallest absolute Gasteiger partial charge is 0.338 e. The quantitative estimate of drug-likeness (QED) is 0.279. The molecule has 5 rings (SSSR count). The molecule has 0 fully saturated rings. The monoisotopic (exact) mass is 553 g/mol. The van der Waals surface area contributed by atoms with Crippen molar-refractivity contribution in [2.24, 2.45) is 4.99 Å². The number of esters is 2. The third kappa shape index (κ3) is 5.38. The maximum Gasteiger partial charge on any atom is 0.338 e. The van der Waals surface area contributed by atoms with Gasteiger partial charge in [0.05, 0.1) is 54.0 Å². The van der Waals surface area contributed by atoms with Crippen molar-refractivity contribution in [2.45, 2.75) is 26.7 Å². The van der Waals surface area contributed by atoms with Crippen LogP contribution >= 0.6 is 0 Å². The number of fused-ring (bicyclic) bond motifs is 1. The Balaban J connectivity index is 1.54. The zero-order valence-electron chi connectivity index (χ0n) is 23.3. The number of carbonyl (C=O) groups excluding carboxylic acids is 2. The van der Waals surface area contributed by atoms with Gasteiger partial charge in [0.1, 0.15) is 17.0 Å². The molecule has 1 atom stereocenters. The van der Waals surface area contributed by atoms with Gasteiger partial charge < -0.3 is 29.3 Å². The van der Waals surface area contributed by atoms with Crippen molar-refractivity contribution >= 4 is 18.0 Å². The van der Waals surface area contributed by atoms with Gasteiger partial charge in [-0.15, -0.1) is 0 Å². The van der Waals surface area contributed by atoms with Gasteiger partial charge in [-0.3, -0.25) is 0 Å². The number of aromatic hydroxyl groups is 1. The molecule has 1 unspecified atom stereocenters. The molecule has 1 aliphatic rings. The Labute approximate surface area is 236 Å². The summed E-state index contributed by atoms with van der Waals surface area (Å²) in [7, 11) is 1.59. The fraction of sp³-hybridized carbons (Fsp3) is 0.219. The third-order valence-electron chi connectivity index (χ3n) is 6.93. The molecule has 0 spiro atoms. The van der Waals surface area contributed by atoms with E-state index in [2.05, 4.69) is 15.0 Å². The molecule has 3 heterocycles. The molecule has 0 radical (unpaired) electrons. The van der Waals surface area contributed by atoms with Gasteiger partial charge in [-0.2, -0.15) is 0 Å². The fourth-order valence-corrected chi connectivity index (χ4v) is 4.98. The third-order valence-corrected chi connectivity index (χ3v) is 6.93. The minimum atomic E-state index is -0.594. The average Bonchev–Trinajstić information content (AvgIpc) is 3.57. The Kier molecular flexibility index (Phi) is 7.78. The van der Waals surface area contributed by atoms with E-state index in [1.807, 2.05) is 48.5 Å². The highest BCUT2D eigenvalue weighted by Gasteiger charge is 2.35. The van der Waals surface area contributed by atoms with E-state index in [1.54, 1.807) is 46.1 Å². The summed E-state index contributed by atoms with van der Waals surface area (Å²) in [5.74, 6) is -0.760. The van der Waals surface area contributed by atoms with E-state index in [9.17, 15) is 14.7 Å². The molecule has 0 saturated heterocycles. The van der Waals surface area contributed by atoms with Gasteiger partial charge in [0.25, 0.3) is 0 Å². The lowest BCUT2D eigenvalue weighted by Gasteiger charge is -2.23. The second-order valence-corrected chi connectivity index (χ2v) is 9.46. The molecular weight excluding hydrogens is 522 g/mol. The first-order valence-corrected chi connectivity index (χ1v) is 13.3. The molecular formula is C32H31N3O6. The number of benzene rings is 2. The maximum absolute atomic E-state index is 13.1. The summed E-state index contributed by atoms with van der Waals surface area (Å²) in [4.78, 5) is 36.2. The number of aromatic nitrogens is 2. The number of hydrogen-bond acceptors (Lipinski definition) is 7. The van der Waals surface area contributed by atoms with Crippen LogP contribution in [0.5, 0.6) is 11.5 Å². The number of allylic oxidation sites excluding steroid dienone is 1. The van der Waals surface area contributed by atoms with E-state index < -0.39 is 11.9 Å². The van der Waals surface area contributed by atoms with Crippen LogP contribution in [-0.4, -0.2) is 47.3 Å². The number of ether oxygens (including phenoxy) is 3. The van der Waals surface area contributed by atoms with E-state index in [1.165, 1.54) is 0 Å². The van der Waals surface area contributed by atoms with Gasteiger partial charge in [0.15, 0.2) is 0 Å². The van der Waals surface area contributed by atoms with Gasteiger partial charge >= 0.3 is 11.9 Å². The van der Waals surface area contributed by atoms with Crippen LogP contribution in [0.1, 0.15) is 53.9 Å². The van der Waals surface area contributed by atoms with Crippen LogP contribution in [0.3, 0.4) is 0 Å².